The van der Waals surface area contributed by atoms with E-state index in [1.165, 1.54) is 0 Å². The minimum Gasteiger partial charge on any atom is -0.449 e. The molecule has 0 saturated carbocycles. The first-order valence-corrected chi connectivity index (χ1v) is 17.0. The summed E-state index contributed by atoms with van der Waals surface area (Å²) in [5, 5.41) is 3.83. The van der Waals surface area contributed by atoms with Crippen molar-refractivity contribution in [2.45, 2.75) is 24.3 Å². The molecule has 6 aromatic carbocycles. The second kappa shape index (κ2) is 14.5. The number of nitrogens with one attached hydrogen (secondary N) is 1. The molecule has 0 unspecified atom stereocenters. The molecule has 0 aromatic heterocycles. The highest BCUT2D eigenvalue weighted by Gasteiger charge is 2.31. The monoisotopic (exact) mass is 681 g/mol. The van der Waals surface area contributed by atoms with E-state index in [2.05, 4.69) is 53.8 Å². The van der Waals surface area contributed by atoms with Gasteiger partial charge in [0.25, 0.3) is 0 Å². The number of halogens is 2. The van der Waals surface area contributed by atoms with Gasteiger partial charge in [-0.3, -0.25) is 4.79 Å². The van der Waals surface area contributed by atoms with Crippen LogP contribution in [0.5, 0.6) is 0 Å². The van der Waals surface area contributed by atoms with Gasteiger partial charge in [0, 0.05) is 33.9 Å². The lowest BCUT2D eigenvalue weighted by atomic mass is 9.84. The van der Waals surface area contributed by atoms with Gasteiger partial charge in [-0.25, -0.2) is 4.79 Å². The van der Waals surface area contributed by atoms with E-state index in [1.54, 1.807) is 18.2 Å². The van der Waals surface area contributed by atoms with Gasteiger partial charge in [0.05, 0.1) is 6.04 Å². The Kier molecular flexibility index (Phi) is 9.61. The highest BCUT2D eigenvalue weighted by molar-refractivity contribution is 6.32. The van der Waals surface area contributed by atoms with Gasteiger partial charge in [0.2, 0.25) is 0 Å². The normalized spacial score (nSPS) is 12.6. The first-order chi connectivity index (χ1) is 24.0. The van der Waals surface area contributed by atoms with Crippen LogP contribution in [0.1, 0.15) is 55.6 Å². The summed E-state index contributed by atoms with van der Waals surface area (Å²) in [6, 6.07) is 48.3. The molecule has 0 bridgehead atoms. The summed E-state index contributed by atoms with van der Waals surface area (Å²) in [6.45, 7) is 0.133. The molecule has 242 valence electrons. The van der Waals surface area contributed by atoms with Gasteiger partial charge in [0.15, 0.2) is 5.78 Å². The van der Waals surface area contributed by atoms with E-state index in [0.717, 1.165) is 44.5 Å². The number of rotatable bonds is 10. The minimum absolute atomic E-state index is 0.107. The zero-order valence-corrected chi connectivity index (χ0v) is 28.1. The lowest BCUT2D eigenvalue weighted by Gasteiger charge is -2.22. The van der Waals surface area contributed by atoms with Crippen molar-refractivity contribution in [2.75, 3.05) is 6.61 Å². The van der Waals surface area contributed by atoms with Crippen LogP contribution in [-0.4, -0.2) is 24.5 Å². The van der Waals surface area contributed by atoms with Crippen molar-refractivity contribution in [3.8, 4) is 11.1 Å². The third-order valence-electron chi connectivity index (χ3n) is 9.20. The van der Waals surface area contributed by atoms with Gasteiger partial charge < -0.3 is 10.1 Å². The van der Waals surface area contributed by atoms with Crippen molar-refractivity contribution < 1.29 is 14.3 Å². The Morgan fingerprint density at radius 3 is 1.78 bits per heavy atom. The number of hydrogen-bond acceptors (Lipinski definition) is 3. The van der Waals surface area contributed by atoms with Crippen molar-refractivity contribution in [2.24, 2.45) is 0 Å². The fourth-order valence-corrected chi connectivity index (χ4v) is 7.34. The van der Waals surface area contributed by atoms with Crippen molar-refractivity contribution in [1.82, 2.24) is 5.32 Å². The summed E-state index contributed by atoms with van der Waals surface area (Å²) in [4.78, 5) is 27.6. The number of carbonyl (C=O) groups is 2. The molecular weight excluding hydrogens is 649 g/mol. The Hall–Kier alpha value is -5.16. The maximum atomic E-state index is 14.2. The number of carbonyl (C=O) groups excluding carboxylic acids is 2. The number of ether oxygens (including phenoxy) is 1. The second-order valence-electron chi connectivity index (χ2n) is 12.2. The van der Waals surface area contributed by atoms with E-state index in [9.17, 15) is 9.59 Å². The molecule has 6 heteroatoms. The van der Waals surface area contributed by atoms with Crippen LogP contribution in [0.15, 0.2) is 152 Å². The first kappa shape index (κ1) is 32.4. The number of ketones is 1. The predicted molar refractivity (Wildman–Crippen MR) is 197 cm³/mol. The zero-order chi connectivity index (χ0) is 33.7. The number of alkyl carbamates (subject to hydrolysis) is 1. The van der Waals surface area contributed by atoms with Crippen LogP contribution in [0.4, 0.5) is 4.79 Å². The minimum atomic E-state index is -0.948. The molecule has 6 aromatic rings. The Morgan fingerprint density at radius 1 is 0.633 bits per heavy atom. The van der Waals surface area contributed by atoms with Crippen LogP contribution < -0.4 is 5.32 Å². The highest BCUT2D eigenvalue weighted by atomic mass is 35.5. The van der Waals surface area contributed by atoms with Crippen LogP contribution in [-0.2, 0) is 11.2 Å². The van der Waals surface area contributed by atoms with Crippen LogP contribution >= 0.6 is 23.2 Å². The van der Waals surface area contributed by atoms with E-state index in [0.29, 0.717) is 15.6 Å². The van der Waals surface area contributed by atoms with E-state index < -0.39 is 12.1 Å². The van der Waals surface area contributed by atoms with Crippen LogP contribution in [0, 0.1) is 0 Å². The lowest BCUT2D eigenvalue weighted by Crippen LogP contribution is -2.43. The highest BCUT2D eigenvalue weighted by Crippen LogP contribution is 2.44. The van der Waals surface area contributed by atoms with Crippen molar-refractivity contribution in [3.63, 3.8) is 0 Å². The number of benzene rings is 6. The predicted octanol–water partition coefficient (Wildman–Crippen LogP) is 10.5. The number of hydrogen-bond donors (Lipinski definition) is 1. The molecule has 1 atom stereocenters. The Morgan fingerprint density at radius 2 is 1.18 bits per heavy atom. The van der Waals surface area contributed by atoms with E-state index in [1.807, 2.05) is 84.9 Å². The average molecular weight is 683 g/mol. The molecule has 1 N–H and O–H groups in total. The van der Waals surface area contributed by atoms with Gasteiger partial charge >= 0.3 is 6.09 Å². The van der Waals surface area contributed by atoms with E-state index in [-0.39, 0.29) is 30.6 Å². The topological polar surface area (TPSA) is 55.4 Å². The molecule has 7 rings (SSSR count). The lowest BCUT2D eigenvalue weighted by molar-refractivity contribution is 0.0919. The van der Waals surface area contributed by atoms with Gasteiger partial charge in [-0.1, -0.05) is 163 Å². The molecule has 4 nitrogen and oxygen atoms in total. The Labute approximate surface area is 296 Å². The third kappa shape index (κ3) is 6.89. The fraction of sp³-hybridized carbons (Fsp3) is 0.116. The van der Waals surface area contributed by atoms with E-state index in [4.69, 9.17) is 27.9 Å². The van der Waals surface area contributed by atoms with E-state index >= 15 is 0 Å². The molecule has 1 amide bonds. The van der Waals surface area contributed by atoms with Crippen LogP contribution in [0.25, 0.3) is 11.1 Å². The van der Waals surface area contributed by atoms with Gasteiger partial charge in [-0.2, -0.15) is 0 Å². The Bertz CT molecular complexity index is 2030. The van der Waals surface area contributed by atoms with Crippen LogP contribution in [0.2, 0.25) is 10.0 Å². The molecule has 0 aliphatic heterocycles. The summed E-state index contributed by atoms with van der Waals surface area (Å²) in [7, 11) is 0. The van der Waals surface area contributed by atoms with Gasteiger partial charge in [0.1, 0.15) is 6.61 Å². The molecule has 49 heavy (non-hydrogen) atoms. The molecule has 0 fully saturated rings. The molecule has 0 saturated heterocycles. The molecule has 1 aliphatic carbocycles. The standard InChI is InChI=1S/C43H33Cl2NO3/c44-38-22-12-7-17-30(38)26-40(46-43(48)49-27-37-34-20-10-8-18-32(34)33-19-9-11-21-35(33)37)42(47)31-23-24-36(39(45)25-31)41(28-13-3-1-4-14-28)29-15-5-2-6-16-29/h1-25,37,40-41H,26-27H2,(H,46,48)/t40-/m0/s1. The maximum absolute atomic E-state index is 14.2. The largest absolute Gasteiger partial charge is 0.449 e. The number of fused-ring (bicyclic) bond motifs is 3. The third-order valence-corrected chi connectivity index (χ3v) is 9.89. The van der Waals surface area contributed by atoms with Crippen molar-refractivity contribution in [1.29, 1.82) is 0 Å². The van der Waals surface area contributed by atoms with Crippen molar-refractivity contribution >= 4 is 35.1 Å². The molecule has 0 radical (unpaired) electrons. The maximum Gasteiger partial charge on any atom is 0.407 e. The summed E-state index contributed by atoms with van der Waals surface area (Å²) in [5.74, 6) is -0.529. The zero-order valence-electron chi connectivity index (χ0n) is 26.6. The number of amides is 1. The fourth-order valence-electron chi connectivity index (χ4n) is 6.83. The van der Waals surface area contributed by atoms with Gasteiger partial charge in [-0.15, -0.1) is 0 Å². The molecule has 0 heterocycles. The quantitative estimate of drug-likeness (QED) is 0.116. The van der Waals surface area contributed by atoms with Crippen LogP contribution in [0.3, 0.4) is 0 Å². The number of Topliss-reactive ketones (excluding diaryl/α,β-unsaturated/α-hetero) is 1. The molecule has 0 spiro atoms. The summed E-state index contributed by atoms with van der Waals surface area (Å²) in [6.07, 6.45) is -0.498. The first-order valence-electron chi connectivity index (χ1n) is 16.3. The Balaban J connectivity index is 1.14. The summed E-state index contributed by atoms with van der Waals surface area (Å²) >= 11 is 13.5. The second-order valence-corrected chi connectivity index (χ2v) is 13.0. The van der Waals surface area contributed by atoms with Crippen molar-refractivity contribution in [3.05, 3.63) is 201 Å². The molecule has 1 aliphatic rings. The summed E-state index contributed by atoms with van der Waals surface area (Å²) in [5.41, 5.74) is 8.66. The van der Waals surface area contributed by atoms with Gasteiger partial charge in [-0.05, 0) is 56.6 Å². The SMILES string of the molecule is O=C(N[C@@H](Cc1ccccc1Cl)C(=O)c1ccc(C(c2ccccc2)c2ccccc2)c(Cl)c1)OCC1c2ccccc2-c2ccccc21. The molecular formula is C43H33Cl2NO3. The summed E-state index contributed by atoms with van der Waals surface area (Å²) < 4.78 is 5.84. The smallest absolute Gasteiger partial charge is 0.407 e. The average Bonchev–Trinajstić information content (AvgIpc) is 3.46.